The number of hydrogen-bond acceptors (Lipinski definition) is 4. The van der Waals surface area contributed by atoms with Crippen LogP contribution in [0.3, 0.4) is 0 Å². The Kier molecular flexibility index (Phi) is 3.22. The summed E-state index contributed by atoms with van der Waals surface area (Å²) in [6, 6.07) is 0. The van der Waals surface area contributed by atoms with Gasteiger partial charge in [-0.2, -0.15) is 0 Å². The molecule has 0 saturated carbocycles. The van der Waals surface area contributed by atoms with Gasteiger partial charge in [0, 0.05) is 6.08 Å². The van der Waals surface area contributed by atoms with Crippen LogP contribution in [0.1, 0.15) is 0 Å². The molecular formula is C5H6O6. The number of hydrogen-bond donors (Lipinski definition) is 4. The standard InChI is InChI=1S/C5H6O6/c6-3(7)1-2(4(8)9)5(10)11/h1,4,8-9H,(H,6,7)(H,10,11)/b2-1-. The van der Waals surface area contributed by atoms with Gasteiger partial charge in [-0.3, -0.25) is 0 Å². The predicted octanol–water partition coefficient (Wildman–Crippen LogP) is -1.61. The molecule has 4 N–H and O–H groups in total. The number of aliphatic hydroxyl groups excluding tert-OH is 1. The lowest BCUT2D eigenvalue weighted by atomic mass is 10.2. The molecule has 11 heavy (non-hydrogen) atoms. The molecule has 0 aliphatic carbocycles. The van der Waals surface area contributed by atoms with E-state index in [1.54, 1.807) is 0 Å². The van der Waals surface area contributed by atoms with Gasteiger partial charge in [-0.05, 0) is 0 Å². The molecule has 0 aliphatic heterocycles. The first-order valence-electron chi connectivity index (χ1n) is 2.49. The van der Waals surface area contributed by atoms with Crippen molar-refractivity contribution in [2.45, 2.75) is 6.29 Å². The molecule has 0 aromatic rings. The maximum Gasteiger partial charge on any atom is 0.337 e. The average Bonchev–Trinajstić information content (AvgIpc) is 1.81. The minimum atomic E-state index is -2.27. The molecule has 0 unspecified atom stereocenters. The maximum absolute atomic E-state index is 10.0. The Morgan fingerprint density at radius 2 is 1.64 bits per heavy atom. The average molecular weight is 162 g/mol. The molecule has 0 aliphatic rings. The first kappa shape index (κ1) is 9.60. The van der Waals surface area contributed by atoms with E-state index in [2.05, 4.69) is 0 Å². The maximum atomic E-state index is 10.0. The summed E-state index contributed by atoms with van der Waals surface area (Å²) in [5.41, 5.74) is -0.975. The van der Waals surface area contributed by atoms with Gasteiger partial charge in [-0.25, -0.2) is 9.59 Å². The second kappa shape index (κ2) is 3.69. The van der Waals surface area contributed by atoms with E-state index in [-0.39, 0.29) is 6.08 Å². The molecule has 0 saturated heterocycles. The molecule has 0 spiro atoms. The molecule has 0 aromatic heterocycles. The molecule has 62 valence electrons. The Morgan fingerprint density at radius 1 is 1.18 bits per heavy atom. The van der Waals surface area contributed by atoms with Gasteiger partial charge < -0.3 is 20.4 Å². The second-order valence-corrected chi connectivity index (χ2v) is 1.62. The van der Waals surface area contributed by atoms with Crippen LogP contribution in [0.4, 0.5) is 0 Å². The number of carboxylic acids is 2. The molecule has 6 heteroatoms. The van der Waals surface area contributed by atoms with Crippen LogP contribution in [-0.2, 0) is 9.59 Å². The summed E-state index contributed by atoms with van der Waals surface area (Å²) in [5.74, 6) is -3.22. The molecule has 0 aromatic carbocycles. The molecule has 0 fully saturated rings. The summed E-state index contributed by atoms with van der Waals surface area (Å²) in [7, 11) is 0. The summed E-state index contributed by atoms with van der Waals surface area (Å²) in [4.78, 5) is 19.9. The molecule has 0 amide bonds. The lowest BCUT2D eigenvalue weighted by Gasteiger charge is -2.01. The van der Waals surface area contributed by atoms with Gasteiger partial charge in [-0.15, -0.1) is 0 Å². The Balaban J connectivity index is 4.60. The highest BCUT2D eigenvalue weighted by atomic mass is 16.5. The van der Waals surface area contributed by atoms with E-state index in [0.717, 1.165) is 0 Å². The van der Waals surface area contributed by atoms with Crippen LogP contribution in [0, 0.1) is 0 Å². The van der Waals surface area contributed by atoms with E-state index in [9.17, 15) is 9.59 Å². The molecular weight excluding hydrogens is 156 g/mol. The van der Waals surface area contributed by atoms with Gasteiger partial charge in [0.05, 0.1) is 5.57 Å². The topological polar surface area (TPSA) is 115 Å². The van der Waals surface area contributed by atoms with Crippen LogP contribution < -0.4 is 0 Å². The van der Waals surface area contributed by atoms with Crippen molar-refractivity contribution >= 4 is 11.9 Å². The molecule has 0 radical (unpaired) electrons. The van der Waals surface area contributed by atoms with Crippen LogP contribution in [0.2, 0.25) is 0 Å². The van der Waals surface area contributed by atoms with Crippen LogP contribution in [0.15, 0.2) is 11.6 Å². The van der Waals surface area contributed by atoms with E-state index in [1.807, 2.05) is 0 Å². The molecule has 0 heterocycles. The fraction of sp³-hybridized carbons (Fsp3) is 0.200. The lowest BCUT2D eigenvalue weighted by Crippen LogP contribution is -2.18. The van der Waals surface area contributed by atoms with Crippen molar-refractivity contribution in [3.05, 3.63) is 11.6 Å². The number of rotatable bonds is 3. The Labute approximate surface area is 61.0 Å². The van der Waals surface area contributed by atoms with Crippen molar-refractivity contribution in [1.29, 1.82) is 0 Å². The number of aliphatic hydroxyl groups is 2. The first-order valence-corrected chi connectivity index (χ1v) is 2.49. The predicted molar refractivity (Wildman–Crippen MR) is 31.6 cm³/mol. The molecule has 0 bridgehead atoms. The van der Waals surface area contributed by atoms with Crippen molar-refractivity contribution in [3.8, 4) is 0 Å². The highest BCUT2D eigenvalue weighted by molar-refractivity contribution is 5.95. The Hall–Kier alpha value is -1.40. The monoisotopic (exact) mass is 162 g/mol. The van der Waals surface area contributed by atoms with Crippen LogP contribution in [-0.4, -0.2) is 38.7 Å². The van der Waals surface area contributed by atoms with E-state index in [4.69, 9.17) is 20.4 Å². The summed E-state index contributed by atoms with van der Waals surface area (Å²) in [6.07, 6.45) is -2.06. The van der Waals surface area contributed by atoms with E-state index in [0.29, 0.717) is 0 Å². The minimum Gasteiger partial charge on any atom is -0.478 e. The zero-order valence-electron chi connectivity index (χ0n) is 5.26. The third kappa shape index (κ3) is 3.33. The van der Waals surface area contributed by atoms with Gasteiger partial charge in [-0.1, -0.05) is 0 Å². The van der Waals surface area contributed by atoms with E-state index >= 15 is 0 Å². The Bertz CT molecular complexity index is 203. The smallest absolute Gasteiger partial charge is 0.337 e. The van der Waals surface area contributed by atoms with Gasteiger partial charge in [0.25, 0.3) is 0 Å². The zero-order chi connectivity index (χ0) is 9.02. The van der Waals surface area contributed by atoms with E-state index in [1.165, 1.54) is 0 Å². The Morgan fingerprint density at radius 3 is 1.73 bits per heavy atom. The number of carbonyl (C=O) groups is 2. The molecule has 6 nitrogen and oxygen atoms in total. The third-order valence-corrected chi connectivity index (χ3v) is 0.804. The first-order chi connectivity index (χ1) is 4.95. The van der Waals surface area contributed by atoms with Gasteiger partial charge in [0.1, 0.15) is 0 Å². The quantitative estimate of drug-likeness (QED) is 0.293. The SMILES string of the molecule is O=C(O)/C=C(\C(=O)O)C(O)O. The lowest BCUT2D eigenvalue weighted by molar-refractivity contribution is -0.138. The fourth-order valence-electron chi connectivity index (χ4n) is 0.380. The fourth-order valence-corrected chi connectivity index (χ4v) is 0.380. The number of carboxylic acid groups (broad SMARTS) is 2. The highest BCUT2D eigenvalue weighted by Gasteiger charge is 2.16. The van der Waals surface area contributed by atoms with Crippen LogP contribution >= 0.6 is 0 Å². The highest BCUT2D eigenvalue weighted by Crippen LogP contribution is 1.98. The third-order valence-electron chi connectivity index (χ3n) is 0.804. The largest absolute Gasteiger partial charge is 0.478 e. The van der Waals surface area contributed by atoms with Crippen molar-refractivity contribution in [3.63, 3.8) is 0 Å². The van der Waals surface area contributed by atoms with Crippen molar-refractivity contribution in [1.82, 2.24) is 0 Å². The van der Waals surface area contributed by atoms with Crippen molar-refractivity contribution in [2.24, 2.45) is 0 Å². The molecule has 0 rings (SSSR count). The molecule has 0 atom stereocenters. The van der Waals surface area contributed by atoms with Gasteiger partial charge in [0.15, 0.2) is 6.29 Å². The van der Waals surface area contributed by atoms with Crippen molar-refractivity contribution in [2.75, 3.05) is 0 Å². The van der Waals surface area contributed by atoms with Gasteiger partial charge in [0.2, 0.25) is 0 Å². The minimum absolute atomic E-state index is 0.215. The summed E-state index contributed by atoms with van der Waals surface area (Å²) in [5, 5.41) is 32.7. The normalized spacial score (nSPS) is 11.7. The van der Waals surface area contributed by atoms with Crippen LogP contribution in [0.5, 0.6) is 0 Å². The summed E-state index contributed by atoms with van der Waals surface area (Å²) < 4.78 is 0. The van der Waals surface area contributed by atoms with Crippen molar-refractivity contribution < 1.29 is 30.0 Å². The van der Waals surface area contributed by atoms with Gasteiger partial charge >= 0.3 is 11.9 Å². The second-order valence-electron chi connectivity index (χ2n) is 1.62. The number of aliphatic carboxylic acids is 2. The summed E-state index contributed by atoms with van der Waals surface area (Å²) >= 11 is 0. The van der Waals surface area contributed by atoms with E-state index < -0.39 is 23.8 Å². The zero-order valence-corrected chi connectivity index (χ0v) is 5.26. The summed E-state index contributed by atoms with van der Waals surface area (Å²) in [6.45, 7) is 0. The van der Waals surface area contributed by atoms with Crippen LogP contribution in [0.25, 0.3) is 0 Å².